The molecule has 110 valence electrons. The molecule has 2 N–H and O–H groups in total. The molecule has 1 atom stereocenters. The Morgan fingerprint density at radius 1 is 1.30 bits per heavy atom. The molecule has 0 saturated heterocycles. The second kappa shape index (κ2) is 6.27. The highest BCUT2D eigenvalue weighted by Crippen LogP contribution is 2.23. The van der Waals surface area contributed by atoms with Gasteiger partial charge in [0.15, 0.2) is 0 Å². The van der Waals surface area contributed by atoms with E-state index in [-0.39, 0.29) is 6.42 Å². The summed E-state index contributed by atoms with van der Waals surface area (Å²) >= 11 is 0. The van der Waals surface area contributed by atoms with E-state index in [1.54, 1.807) is 0 Å². The third-order valence-corrected chi connectivity index (χ3v) is 2.27. The lowest BCUT2D eigenvalue weighted by atomic mass is 10.1. The average Bonchev–Trinajstić information content (AvgIpc) is 2.28. The number of carboxylic acid groups (broad SMARTS) is 1. The highest BCUT2D eigenvalue weighted by Gasteiger charge is 2.31. The molecule has 0 aliphatic carbocycles. The van der Waals surface area contributed by atoms with Gasteiger partial charge < -0.3 is 15.2 Å². The maximum Gasteiger partial charge on any atom is 0.573 e. The quantitative estimate of drug-likeness (QED) is 0.866. The Morgan fingerprint density at radius 3 is 2.25 bits per heavy atom. The zero-order valence-electron chi connectivity index (χ0n) is 10.4. The maximum absolute atomic E-state index is 12.0. The number of alkyl halides is 3. The zero-order valence-corrected chi connectivity index (χ0v) is 10.4. The molecule has 1 amide bonds. The normalized spacial score (nSPS) is 12.6. The monoisotopic (exact) mass is 291 g/mol. The third-order valence-electron chi connectivity index (χ3n) is 2.27. The number of carbonyl (C=O) groups is 2. The van der Waals surface area contributed by atoms with Crippen molar-refractivity contribution in [3.8, 4) is 5.75 Å². The van der Waals surface area contributed by atoms with Gasteiger partial charge in [0.25, 0.3) is 0 Å². The van der Waals surface area contributed by atoms with Gasteiger partial charge >= 0.3 is 12.3 Å². The molecule has 20 heavy (non-hydrogen) atoms. The Morgan fingerprint density at radius 2 is 1.85 bits per heavy atom. The van der Waals surface area contributed by atoms with Gasteiger partial charge in [0, 0.05) is 13.3 Å². The van der Waals surface area contributed by atoms with E-state index in [4.69, 9.17) is 5.11 Å². The molecule has 1 rings (SSSR count). The summed E-state index contributed by atoms with van der Waals surface area (Å²) in [7, 11) is 0. The number of rotatable bonds is 5. The van der Waals surface area contributed by atoms with Crippen molar-refractivity contribution in [2.24, 2.45) is 0 Å². The fourth-order valence-corrected chi connectivity index (χ4v) is 1.51. The molecule has 0 aromatic heterocycles. The number of benzene rings is 1. The van der Waals surface area contributed by atoms with Crippen molar-refractivity contribution in [2.75, 3.05) is 0 Å². The fourth-order valence-electron chi connectivity index (χ4n) is 1.51. The minimum Gasteiger partial charge on any atom is -0.480 e. The number of aliphatic carboxylic acids is 1. The summed E-state index contributed by atoms with van der Waals surface area (Å²) in [6.45, 7) is 1.18. The van der Waals surface area contributed by atoms with Crippen LogP contribution in [0.3, 0.4) is 0 Å². The van der Waals surface area contributed by atoms with Crippen LogP contribution < -0.4 is 10.1 Å². The Hall–Kier alpha value is -2.25. The highest BCUT2D eigenvalue weighted by atomic mass is 19.4. The van der Waals surface area contributed by atoms with Crippen molar-refractivity contribution < 1.29 is 32.6 Å². The van der Waals surface area contributed by atoms with Crippen LogP contribution in [0.25, 0.3) is 0 Å². The molecule has 8 heteroatoms. The largest absolute Gasteiger partial charge is 0.573 e. The standard InChI is InChI=1S/C12H12F3NO4/c1-7(17)16-10(11(18)19)6-8-2-4-9(5-3-8)20-12(13,14)15/h2-5,10H,6H2,1H3,(H,16,17)(H,18,19)/t10-/m0/s1. The van der Waals surface area contributed by atoms with Crippen LogP contribution >= 0.6 is 0 Å². The molecular formula is C12H12F3NO4. The third kappa shape index (κ3) is 5.59. The molecule has 5 nitrogen and oxygen atoms in total. The molecule has 0 aliphatic heterocycles. The minimum atomic E-state index is -4.78. The van der Waals surface area contributed by atoms with Gasteiger partial charge in [-0.2, -0.15) is 0 Å². The molecular weight excluding hydrogens is 279 g/mol. The summed E-state index contributed by atoms with van der Waals surface area (Å²) in [6.07, 6.45) is -4.82. The molecule has 0 heterocycles. The van der Waals surface area contributed by atoms with Gasteiger partial charge in [0.2, 0.25) is 5.91 Å². The van der Waals surface area contributed by atoms with Crippen LogP contribution in [-0.2, 0) is 16.0 Å². The molecule has 1 aromatic rings. The van der Waals surface area contributed by atoms with Crippen molar-refractivity contribution in [2.45, 2.75) is 25.7 Å². The number of amides is 1. The van der Waals surface area contributed by atoms with Gasteiger partial charge in [-0.15, -0.1) is 13.2 Å². The number of ether oxygens (including phenoxy) is 1. The first-order valence-electron chi connectivity index (χ1n) is 5.52. The number of hydrogen-bond donors (Lipinski definition) is 2. The van der Waals surface area contributed by atoms with Gasteiger partial charge in [-0.3, -0.25) is 4.79 Å². The van der Waals surface area contributed by atoms with Crippen molar-refractivity contribution in [1.29, 1.82) is 0 Å². The van der Waals surface area contributed by atoms with Gasteiger partial charge in [-0.25, -0.2) is 4.79 Å². The summed E-state index contributed by atoms with van der Waals surface area (Å²) in [5.74, 6) is -2.13. The number of halogens is 3. The van der Waals surface area contributed by atoms with Crippen molar-refractivity contribution in [1.82, 2.24) is 5.32 Å². The second-order valence-electron chi connectivity index (χ2n) is 3.99. The predicted molar refractivity (Wildman–Crippen MR) is 62.1 cm³/mol. The maximum atomic E-state index is 12.0. The lowest BCUT2D eigenvalue weighted by Crippen LogP contribution is -2.41. The number of carbonyl (C=O) groups excluding carboxylic acids is 1. The number of hydrogen-bond acceptors (Lipinski definition) is 3. The lowest BCUT2D eigenvalue weighted by Gasteiger charge is -2.14. The van der Waals surface area contributed by atoms with Crippen LogP contribution in [0.15, 0.2) is 24.3 Å². The smallest absolute Gasteiger partial charge is 0.480 e. The van der Waals surface area contributed by atoms with Crippen LogP contribution in [0.1, 0.15) is 12.5 Å². The van der Waals surface area contributed by atoms with Gasteiger partial charge in [-0.05, 0) is 17.7 Å². The topological polar surface area (TPSA) is 75.6 Å². The predicted octanol–water partition coefficient (Wildman–Crippen LogP) is 1.72. The van der Waals surface area contributed by atoms with E-state index in [1.165, 1.54) is 19.1 Å². The van der Waals surface area contributed by atoms with E-state index < -0.39 is 30.0 Å². The van der Waals surface area contributed by atoms with E-state index in [0.717, 1.165) is 12.1 Å². The first kappa shape index (κ1) is 15.8. The summed E-state index contributed by atoms with van der Waals surface area (Å²) < 4.78 is 39.5. The number of carboxylic acids is 1. The molecule has 0 unspecified atom stereocenters. The zero-order chi connectivity index (χ0) is 15.3. The van der Waals surface area contributed by atoms with Crippen LogP contribution in [0.4, 0.5) is 13.2 Å². The summed E-state index contributed by atoms with van der Waals surface area (Å²) in [5, 5.41) is 11.1. The first-order chi connectivity index (χ1) is 9.17. The Labute approximate surface area is 112 Å². The van der Waals surface area contributed by atoms with Gasteiger partial charge in [0.05, 0.1) is 0 Å². The molecule has 0 aliphatic rings. The van der Waals surface area contributed by atoms with Crippen LogP contribution in [0.2, 0.25) is 0 Å². The van der Waals surface area contributed by atoms with E-state index in [2.05, 4.69) is 10.1 Å². The van der Waals surface area contributed by atoms with E-state index in [0.29, 0.717) is 5.56 Å². The van der Waals surface area contributed by atoms with Crippen LogP contribution in [-0.4, -0.2) is 29.4 Å². The van der Waals surface area contributed by atoms with Crippen LogP contribution in [0, 0.1) is 0 Å². The van der Waals surface area contributed by atoms with E-state index in [9.17, 15) is 22.8 Å². The van der Waals surface area contributed by atoms with Crippen molar-refractivity contribution >= 4 is 11.9 Å². The molecule has 0 radical (unpaired) electrons. The minimum absolute atomic E-state index is 0.0405. The highest BCUT2D eigenvalue weighted by molar-refractivity contribution is 5.82. The number of nitrogens with one attached hydrogen (secondary N) is 1. The van der Waals surface area contributed by atoms with E-state index in [1.807, 2.05) is 0 Å². The first-order valence-corrected chi connectivity index (χ1v) is 5.52. The SMILES string of the molecule is CC(=O)N[C@@H](Cc1ccc(OC(F)(F)F)cc1)C(=O)O. The molecule has 0 saturated carbocycles. The van der Waals surface area contributed by atoms with Crippen LogP contribution in [0.5, 0.6) is 5.75 Å². The molecule has 0 fully saturated rings. The Balaban J connectivity index is 2.72. The Bertz CT molecular complexity index is 484. The molecule has 0 spiro atoms. The fraction of sp³-hybridized carbons (Fsp3) is 0.333. The lowest BCUT2D eigenvalue weighted by molar-refractivity contribution is -0.274. The summed E-state index contributed by atoms with van der Waals surface area (Å²) in [4.78, 5) is 21.7. The van der Waals surface area contributed by atoms with Crippen molar-refractivity contribution in [3.05, 3.63) is 29.8 Å². The second-order valence-corrected chi connectivity index (χ2v) is 3.99. The Kier molecular flexibility index (Phi) is 4.95. The van der Waals surface area contributed by atoms with Crippen molar-refractivity contribution in [3.63, 3.8) is 0 Å². The van der Waals surface area contributed by atoms with Gasteiger partial charge in [0.1, 0.15) is 11.8 Å². The summed E-state index contributed by atoms with van der Waals surface area (Å²) in [5.41, 5.74) is 0.459. The molecule has 1 aromatic carbocycles. The molecule has 0 bridgehead atoms. The van der Waals surface area contributed by atoms with Gasteiger partial charge in [-0.1, -0.05) is 12.1 Å². The van der Waals surface area contributed by atoms with E-state index >= 15 is 0 Å². The average molecular weight is 291 g/mol. The summed E-state index contributed by atoms with van der Waals surface area (Å²) in [6, 6.07) is 3.63.